The summed E-state index contributed by atoms with van der Waals surface area (Å²) in [5.41, 5.74) is 0. The molecule has 1 rings (SSSR count). The Morgan fingerprint density at radius 1 is 1.32 bits per heavy atom. The maximum absolute atomic E-state index is 11.3. The van der Waals surface area contributed by atoms with Crippen LogP contribution in [0.4, 0.5) is 0 Å². The fourth-order valence-electron chi connectivity index (χ4n) is 1.84. The third kappa shape index (κ3) is 4.63. The van der Waals surface area contributed by atoms with Gasteiger partial charge in [-0.05, 0) is 13.8 Å². The molecule has 4 N–H and O–H groups in total. The van der Waals surface area contributed by atoms with E-state index in [0.29, 0.717) is 0 Å². The van der Waals surface area contributed by atoms with Crippen molar-refractivity contribution in [1.82, 2.24) is 4.72 Å². The van der Waals surface area contributed by atoms with Crippen molar-refractivity contribution in [2.24, 2.45) is 0 Å². The molecule has 0 bridgehead atoms. The molecule has 19 heavy (non-hydrogen) atoms. The maximum atomic E-state index is 11.3. The monoisotopic (exact) mass is 299 g/mol. The molecule has 0 aromatic heterocycles. The summed E-state index contributed by atoms with van der Waals surface area (Å²) in [6, 6.07) is -1.14. The van der Waals surface area contributed by atoms with E-state index >= 15 is 0 Å². The van der Waals surface area contributed by atoms with Crippen molar-refractivity contribution in [2.45, 2.75) is 50.6 Å². The van der Waals surface area contributed by atoms with Gasteiger partial charge in [-0.2, -0.15) is 0 Å². The fraction of sp³-hybridized carbons (Fsp3) is 1.00. The highest BCUT2D eigenvalue weighted by Gasteiger charge is 2.46. The van der Waals surface area contributed by atoms with Gasteiger partial charge in [-0.25, -0.2) is 13.1 Å². The molecular weight excluding hydrogens is 278 g/mol. The Labute approximate surface area is 112 Å². The van der Waals surface area contributed by atoms with Gasteiger partial charge >= 0.3 is 0 Å². The highest BCUT2D eigenvalue weighted by Crippen LogP contribution is 2.23. The second-order valence-corrected chi connectivity index (χ2v) is 6.59. The molecule has 1 aliphatic rings. The van der Waals surface area contributed by atoms with Gasteiger partial charge in [0.1, 0.15) is 24.4 Å². The number of nitrogens with one attached hydrogen (secondary N) is 1. The molecule has 8 nitrogen and oxygen atoms in total. The van der Waals surface area contributed by atoms with Gasteiger partial charge in [-0.1, -0.05) is 0 Å². The van der Waals surface area contributed by atoms with Crippen molar-refractivity contribution in [2.75, 3.05) is 12.9 Å². The van der Waals surface area contributed by atoms with Gasteiger partial charge in [-0.3, -0.25) is 0 Å². The summed E-state index contributed by atoms with van der Waals surface area (Å²) in [7, 11) is -3.62. The van der Waals surface area contributed by atoms with Crippen molar-refractivity contribution in [3.63, 3.8) is 0 Å². The molecule has 0 spiro atoms. The predicted octanol–water partition coefficient (Wildman–Crippen LogP) is -2.23. The molecule has 0 aromatic rings. The number of sulfonamides is 1. The van der Waals surface area contributed by atoms with Gasteiger partial charge in [0.05, 0.1) is 19.0 Å². The maximum Gasteiger partial charge on any atom is 0.209 e. The molecule has 0 amide bonds. The van der Waals surface area contributed by atoms with Crippen LogP contribution in [0.5, 0.6) is 0 Å². The normalized spacial score (nSPS) is 36.7. The molecule has 0 aliphatic carbocycles. The van der Waals surface area contributed by atoms with Crippen LogP contribution in [-0.4, -0.2) is 73.3 Å². The molecule has 1 unspecified atom stereocenters. The zero-order valence-corrected chi connectivity index (χ0v) is 11.9. The first-order valence-electron chi connectivity index (χ1n) is 5.91. The zero-order chi connectivity index (χ0) is 14.8. The lowest BCUT2D eigenvalue weighted by atomic mass is 9.98. The average molecular weight is 299 g/mol. The highest BCUT2D eigenvalue weighted by atomic mass is 32.2. The Hall–Kier alpha value is -0.290. The van der Waals surface area contributed by atoms with Crippen molar-refractivity contribution >= 4 is 10.0 Å². The zero-order valence-electron chi connectivity index (χ0n) is 11.1. The summed E-state index contributed by atoms with van der Waals surface area (Å²) in [6.07, 6.45) is -4.32. The molecular formula is C10H21NO7S. The Kier molecular flexibility index (Phi) is 5.68. The molecule has 1 saturated heterocycles. The number of hydrogen-bond acceptors (Lipinski definition) is 7. The van der Waals surface area contributed by atoms with Gasteiger partial charge in [0.15, 0.2) is 6.29 Å². The number of aliphatic hydroxyl groups is 3. The first kappa shape index (κ1) is 16.8. The Bertz CT molecular complexity index is 385. The lowest BCUT2D eigenvalue weighted by Crippen LogP contribution is -2.64. The third-order valence-corrected chi connectivity index (χ3v) is 3.34. The van der Waals surface area contributed by atoms with Gasteiger partial charge in [-0.15, -0.1) is 0 Å². The van der Waals surface area contributed by atoms with Crippen LogP contribution in [0, 0.1) is 0 Å². The smallest absolute Gasteiger partial charge is 0.209 e. The van der Waals surface area contributed by atoms with E-state index in [1.165, 1.54) is 0 Å². The molecule has 0 aromatic carbocycles. The second-order valence-electron chi connectivity index (χ2n) is 4.81. The molecule has 1 heterocycles. The van der Waals surface area contributed by atoms with Crippen LogP contribution >= 0.6 is 0 Å². The van der Waals surface area contributed by atoms with E-state index in [9.17, 15) is 18.6 Å². The predicted molar refractivity (Wildman–Crippen MR) is 65.7 cm³/mol. The largest absolute Gasteiger partial charge is 0.394 e. The second kappa shape index (κ2) is 6.44. The first-order valence-corrected chi connectivity index (χ1v) is 7.80. The SMILES string of the molecule is CC(C)OC1O[C@H](CO)[C@H](O)[C@H](O)[C@H]1NS(C)(=O)=O. The van der Waals surface area contributed by atoms with Crippen molar-refractivity contribution in [1.29, 1.82) is 0 Å². The first-order chi connectivity index (χ1) is 8.65. The van der Waals surface area contributed by atoms with Gasteiger partial charge in [0.25, 0.3) is 0 Å². The van der Waals surface area contributed by atoms with Crippen LogP contribution in [0.25, 0.3) is 0 Å². The van der Waals surface area contributed by atoms with Crippen molar-refractivity contribution in [3.05, 3.63) is 0 Å². The molecule has 1 aliphatic heterocycles. The highest BCUT2D eigenvalue weighted by molar-refractivity contribution is 7.88. The van der Waals surface area contributed by atoms with E-state index < -0.39 is 47.3 Å². The molecule has 0 radical (unpaired) electrons. The third-order valence-electron chi connectivity index (χ3n) is 2.64. The fourth-order valence-corrected chi connectivity index (χ4v) is 2.58. The minimum Gasteiger partial charge on any atom is -0.394 e. The van der Waals surface area contributed by atoms with Crippen LogP contribution in [0.1, 0.15) is 13.8 Å². The van der Waals surface area contributed by atoms with E-state index in [1.54, 1.807) is 13.8 Å². The van der Waals surface area contributed by atoms with Crippen molar-refractivity contribution < 1.29 is 33.2 Å². The van der Waals surface area contributed by atoms with Gasteiger partial charge in [0, 0.05) is 0 Å². The topological polar surface area (TPSA) is 125 Å². The van der Waals surface area contributed by atoms with E-state index in [1.807, 2.05) is 0 Å². The lowest BCUT2D eigenvalue weighted by molar-refractivity contribution is -0.276. The van der Waals surface area contributed by atoms with Crippen molar-refractivity contribution in [3.8, 4) is 0 Å². The summed E-state index contributed by atoms with van der Waals surface area (Å²) in [5.74, 6) is 0. The molecule has 0 saturated carbocycles. The standard InChI is InChI=1S/C10H21NO7S/c1-5(2)17-10-7(11-19(3,15)16)9(14)8(13)6(4-12)18-10/h5-14H,4H2,1-3H3/t6-,7-,8+,9-,10?/m1/s1. The number of ether oxygens (including phenoxy) is 2. The van der Waals surface area contributed by atoms with Crippen LogP contribution in [0.2, 0.25) is 0 Å². The van der Waals surface area contributed by atoms with Crippen LogP contribution in [0.15, 0.2) is 0 Å². The molecule has 1 fully saturated rings. The average Bonchev–Trinajstić information content (AvgIpc) is 2.26. The minimum absolute atomic E-state index is 0.282. The molecule has 114 valence electrons. The Morgan fingerprint density at radius 3 is 2.32 bits per heavy atom. The minimum atomic E-state index is -3.62. The molecule has 5 atom stereocenters. The van der Waals surface area contributed by atoms with Gasteiger partial charge in [0.2, 0.25) is 10.0 Å². The summed E-state index contributed by atoms with van der Waals surface area (Å²) in [4.78, 5) is 0. The Morgan fingerprint density at radius 2 is 1.89 bits per heavy atom. The van der Waals surface area contributed by atoms with Crippen LogP contribution in [-0.2, 0) is 19.5 Å². The molecule has 9 heteroatoms. The Balaban J connectivity index is 2.93. The van der Waals surface area contributed by atoms with Crippen LogP contribution in [0.3, 0.4) is 0 Å². The number of rotatable bonds is 5. The van der Waals surface area contributed by atoms with E-state index in [-0.39, 0.29) is 6.10 Å². The van der Waals surface area contributed by atoms with E-state index in [4.69, 9.17) is 14.6 Å². The summed E-state index contributed by atoms with van der Waals surface area (Å²) < 4.78 is 35.4. The van der Waals surface area contributed by atoms with E-state index in [0.717, 1.165) is 6.26 Å². The number of aliphatic hydroxyl groups excluding tert-OH is 3. The summed E-state index contributed by atoms with van der Waals surface area (Å²) in [5, 5.41) is 28.7. The summed E-state index contributed by atoms with van der Waals surface area (Å²) >= 11 is 0. The summed E-state index contributed by atoms with van der Waals surface area (Å²) in [6.45, 7) is 2.92. The quantitative estimate of drug-likeness (QED) is 0.452. The van der Waals surface area contributed by atoms with E-state index in [2.05, 4.69) is 4.72 Å². The van der Waals surface area contributed by atoms with Crippen LogP contribution < -0.4 is 4.72 Å². The van der Waals surface area contributed by atoms with Gasteiger partial charge < -0.3 is 24.8 Å². The lowest BCUT2D eigenvalue weighted by Gasteiger charge is -2.42. The number of hydrogen-bond donors (Lipinski definition) is 4.